The van der Waals surface area contributed by atoms with Crippen LogP contribution in [0.4, 0.5) is 0 Å². The molecule has 0 heterocycles. The summed E-state index contributed by atoms with van der Waals surface area (Å²) in [5.41, 5.74) is 0.520. The zero-order valence-corrected chi connectivity index (χ0v) is 12.5. The van der Waals surface area contributed by atoms with Gasteiger partial charge in [-0.15, -0.1) is 0 Å². The van der Waals surface area contributed by atoms with Crippen molar-refractivity contribution >= 4 is 14.3 Å². The molecule has 0 aromatic heterocycles. The van der Waals surface area contributed by atoms with Gasteiger partial charge < -0.3 is 9.16 Å². The maximum atomic E-state index is 11.4. The number of carbonyl (C=O) groups is 1. The third-order valence-corrected chi connectivity index (χ3v) is 7.25. The maximum Gasteiger partial charge on any atom is 0.336 e. The molecule has 0 radical (unpaired) electrons. The molecule has 4 heteroatoms. The molecule has 0 amide bonds. The van der Waals surface area contributed by atoms with Crippen molar-refractivity contribution in [2.45, 2.75) is 52.8 Å². The molecule has 16 heavy (non-hydrogen) atoms. The van der Waals surface area contributed by atoms with Crippen molar-refractivity contribution in [3.63, 3.8) is 0 Å². The van der Waals surface area contributed by atoms with Crippen molar-refractivity contribution in [2.24, 2.45) is 0 Å². The molecule has 0 saturated heterocycles. The van der Waals surface area contributed by atoms with E-state index in [2.05, 4.69) is 33.9 Å². The lowest BCUT2D eigenvalue weighted by molar-refractivity contribution is -0.138. The molecule has 0 saturated carbocycles. The maximum absolute atomic E-state index is 11.4. The van der Waals surface area contributed by atoms with Gasteiger partial charge in [0.15, 0.2) is 0 Å². The van der Waals surface area contributed by atoms with Crippen molar-refractivity contribution in [1.29, 1.82) is 0 Å². The van der Waals surface area contributed by atoms with Crippen LogP contribution in [0, 0.1) is 0 Å². The predicted octanol–water partition coefficient (Wildman–Crippen LogP) is 3.48. The van der Waals surface area contributed by atoms with Crippen molar-refractivity contribution in [3.8, 4) is 0 Å². The number of hydrogen-bond donors (Lipinski definition) is 0. The van der Waals surface area contributed by atoms with Crippen LogP contribution in [-0.4, -0.2) is 20.9 Å². The van der Waals surface area contributed by atoms with Gasteiger partial charge in [-0.3, -0.25) is 0 Å². The SMILES string of the molecule is CCOC(=O)/C(C)=C/O[Si](C)(C)C(C)(C)C. The van der Waals surface area contributed by atoms with Crippen LogP contribution < -0.4 is 0 Å². The Kier molecular flexibility index (Phi) is 5.26. The van der Waals surface area contributed by atoms with Crippen LogP contribution in [0.1, 0.15) is 34.6 Å². The highest BCUT2D eigenvalue weighted by Crippen LogP contribution is 2.36. The van der Waals surface area contributed by atoms with Crippen molar-refractivity contribution < 1.29 is 14.0 Å². The van der Waals surface area contributed by atoms with E-state index >= 15 is 0 Å². The molecule has 0 aliphatic carbocycles. The summed E-state index contributed by atoms with van der Waals surface area (Å²) in [6.07, 6.45) is 1.55. The van der Waals surface area contributed by atoms with Gasteiger partial charge in [-0.05, 0) is 32.0 Å². The quantitative estimate of drug-likeness (QED) is 0.329. The molecule has 0 spiro atoms. The predicted molar refractivity (Wildman–Crippen MR) is 68.7 cm³/mol. The average molecular weight is 244 g/mol. The summed E-state index contributed by atoms with van der Waals surface area (Å²) in [5, 5.41) is 0.137. The number of esters is 1. The van der Waals surface area contributed by atoms with E-state index in [0.717, 1.165) is 0 Å². The molecule has 0 rings (SSSR count). The second-order valence-corrected chi connectivity index (χ2v) is 10.2. The lowest BCUT2D eigenvalue weighted by Gasteiger charge is -2.35. The van der Waals surface area contributed by atoms with Gasteiger partial charge in [0.25, 0.3) is 0 Å². The Balaban J connectivity index is 4.54. The first-order valence-corrected chi connectivity index (χ1v) is 8.54. The van der Waals surface area contributed by atoms with E-state index in [1.165, 1.54) is 0 Å². The van der Waals surface area contributed by atoms with Gasteiger partial charge >= 0.3 is 5.97 Å². The van der Waals surface area contributed by atoms with Gasteiger partial charge in [0.1, 0.15) is 0 Å². The molecule has 0 unspecified atom stereocenters. The second-order valence-electron chi connectivity index (χ2n) is 5.40. The summed E-state index contributed by atoms with van der Waals surface area (Å²) >= 11 is 0. The highest BCUT2D eigenvalue weighted by Gasteiger charge is 2.38. The lowest BCUT2D eigenvalue weighted by atomic mass is 10.2. The number of hydrogen-bond acceptors (Lipinski definition) is 3. The van der Waals surface area contributed by atoms with E-state index in [4.69, 9.17) is 9.16 Å². The lowest BCUT2D eigenvalue weighted by Crippen LogP contribution is -2.39. The molecule has 0 aromatic rings. The fraction of sp³-hybridized carbons (Fsp3) is 0.750. The van der Waals surface area contributed by atoms with Crippen LogP contribution in [0.25, 0.3) is 0 Å². The summed E-state index contributed by atoms with van der Waals surface area (Å²) < 4.78 is 10.7. The molecule has 0 bridgehead atoms. The van der Waals surface area contributed by atoms with Crippen LogP contribution in [0.15, 0.2) is 11.8 Å². The van der Waals surface area contributed by atoms with E-state index in [-0.39, 0.29) is 11.0 Å². The van der Waals surface area contributed by atoms with Crippen molar-refractivity contribution in [2.75, 3.05) is 6.61 Å². The summed E-state index contributed by atoms with van der Waals surface area (Å²) in [7, 11) is -1.82. The minimum Gasteiger partial charge on any atom is -0.548 e. The number of rotatable bonds is 4. The normalized spacial score (nSPS) is 13.6. The Hall–Kier alpha value is -0.773. The Bertz CT molecular complexity index is 274. The van der Waals surface area contributed by atoms with Gasteiger partial charge in [0.05, 0.1) is 18.4 Å². The third kappa shape index (κ3) is 4.39. The standard InChI is InChI=1S/C12H24O3Si/c1-8-14-11(13)10(2)9-15-16(6,7)12(3,4)5/h9H,8H2,1-7H3/b10-9+. The fourth-order valence-electron chi connectivity index (χ4n) is 0.706. The third-order valence-electron chi connectivity index (χ3n) is 2.93. The number of ether oxygens (including phenoxy) is 1. The van der Waals surface area contributed by atoms with E-state index in [1.807, 2.05) is 0 Å². The van der Waals surface area contributed by atoms with Crippen molar-refractivity contribution in [1.82, 2.24) is 0 Å². The van der Waals surface area contributed by atoms with E-state index in [1.54, 1.807) is 20.1 Å². The molecular weight excluding hydrogens is 220 g/mol. The minimum atomic E-state index is -1.82. The highest BCUT2D eigenvalue weighted by atomic mass is 28.4. The van der Waals surface area contributed by atoms with Crippen LogP contribution in [0.5, 0.6) is 0 Å². The first-order chi connectivity index (χ1) is 7.12. The second kappa shape index (κ2) is 5.52. The Morgan fingerprint density at radius 1 is 1.31 bits per heavy atom. The summed E-state index contributed by atoms with van der Waals surface area (Å²) in [6, 6.07) is 0. The van der Waals surface area contributed by atoms with Crippen LogP contribution in [0.2, 0.25) is 18.1 Å². The molecule has 0 aromatic carbocycles. The first kappa shape index (κ1) is 15.2. The molecule has 3 nitrogen and oxygen atoms in total. The molecule has 0 N–H and O–H groups in total. The monoisotopic (exact) mass is 244 g/mol. The van der Waals surface area contributed by atoms with Gasteiger partial charge in [-0.25, -0.2) is 4.79 Å². The molecule has 0 fully saturated rings. The topological polar surface area (TPSA) is 35.5 Å². The van der Waals surface area contributed by atoms with E-state index in [9.17, 15) is 4.79 Å². The molecule has 94 valence electrons. The van der Waals surface area contributed by atoms with E-state index < -0.39 is 8.32 Å². The zero-order valence-electron chi connectivity index (χ0n) is 11.5. The highest BCUT2D eigenvalue weighted by molar-refractivity contribution is 6.74. The van der Waals surface area contributed by atoms with Crippen LogP contribution in [-0.2, 0) is 14.0 Å². The summed E-state index contributed by atoms with van der Waals surface area (Å²) in [5.74, 6) is -0.304. The molecule has 0 aliphatic rings. The van der Waals surface area contributed by atoms with Gasteiger partial charge in [-0.1, -0.05) is 20.8 Å². The number of carbonyl (C=O) groups excluding carboxylic acids is 1. The molecule has 0 aliphatic heterocycles. The Labute approximate surface area is 100.0 Å². The molecule has 0 atom stereocenters. The zero-order chi connectivity index (χ0) is 13.0. The Morgan fingerprint density at radius 3 is 2.19 bits per heavy atom. The van der Waals surface area contributed by atoms with Crippen LogP contribution in [0.3, 0.4) is 0 Å². The summed E-state index contributed by atoms with van der Waals surface area (Å²) in [4.78, 5) is 11.4. The fourth-order valence-corrected chi connectivity index (χ4v) is 1.53. The van der Waals surface area contributed by atoms with E-state index in [0.29, 0.717) is 12.2 Å². The average Bonchev–Trinajstić information content (AvgIpc) is 2.12. The van der Waals surface area contributed by atoms with Gasteiger partial charge in [0.2, 0.25) is 8.32 Å². The minimum absolute atomic E-state index is 0.137. The molecular formula is C12H24O3Si. The van der Waals surface area contributed by atoms with Crippen LogP contribution >= 0.6 is 0 Å². The smallest absolute Gasteiger partial charge is 0.336 e. The largest absolute Gasteiger partial charge is 0.548 e. The van der Waals surface area contributed by atoms with Crippen molar-refractivity contribution in [3.05, 3.63) is 11.8 Å². The summed E-state index contributed by atoms with van der Waals surface area (Å²) in [6.45, 7) is 14.7. The first-order valence-electron chi connectivity index (χ1n) is 5.63. The van der Waals surface area contributed by atoms with Gasteiger partial charge in [0, 0.05) is 0 Å². The van der Waals surface area contributed by atoms with Gasteiger partial charge in [-0.2, -0.15) is 0 Å². The Morgan fingerprint density at radius 2 is 1.81 bits per heavy atom.